The van der Waals surface area contributed by atoms with Crippen molar-refractivity contribution in [2.45, 2.75) is 43.4 Å². The van der Waals surface area contributed by atoms with Crippen LogP contribution in [-0.2, 0) is 14.6 Å². The first-order valence-corrected chi connectivity index (χ1v) is 12.6. The molecule has 9 heteroatoms. The molecule has 0 spiro atoms. The Kier molecular flexibility index (Phi) is 5.79. The Bertz CT molecular complexity index is 925. The molecule has 3 aliphatic rings. The lowest BCUT2D eigenvalue weighted by atomic mass is 9.89. The molecular formula is C20H26N2O5S2. The van der Waals surface area contributed by atoms with Crippen molar-refractivity contribution in [1.82, 2.24) is 0 Å². The molecule has 2 aliphatic heterocycles. The summed E-state index contributed by atoms with van der Waals surface area (Å²) in [6, 6.07) is 5.12. The van der Waals surface area contributed by atoms with Crippen molar-refractivity contribution >= 4 is 38.4 Å². The van der Waals surface area contributed by atoms with E-state index >= 15 is 0 Å². The minimum atomic E-state index is -3.13. The summed E-state index contributed by atoms with van der Waals surface area (Å²) in [7, 11) is 0.0204. The number of carbonyl (C=O) groups excluding carboxylic acids is 1. The highest BCUT2D eigenvalue weighted by molar-refractivity contribution is 8.16. The van der Waals surface area contributed by atoms with Gasteiger partial charge < -0.3 is 14.4 Å². The van der Waals surface area contributed by atoms with Crippen molar-refractivity contribution in [3.63, 3.8) is 0 Å². The summed E-state index contributed by atoms with van der Waals surface area (Å²) in [6.45, 7) is 0. The number of amidine groups is 1. The van der Waals surface area contributed by atoms with Gasteiger partial charge in [0.15, 0.2) is 15.0 Å². The minimum Gasteiger partial charge on any atom is -0.497 e. The van der Waals surface area contributed by atoms with Crippen molar-refractivity contribution < 1.29 is 22.7 Å². The summed E-state index contributed by atoms with van der Waals surface area (Å²) in [4.78, 5) is 19.2. The molecule has 0 radical (unpaired) electrons. The van der Waals surface area contributed by atoms with Crippen molar-refractivity contribution in [3.05, 3.63) is 18.2 Å². The number of methoxy groups -OCH3 is 2. The lowest BCUT2D eigenvalue weighted by molar-refractivity contribution is -0.122. The van der Waals surface area contributed by atoms with Crippen LogP contribution >= 0.6 is 11.8 Å². The van der Waals surface area contributed by atoms with E-state index < -0.39 is 9.84 Å². The molecule has 2 atom stereocenters. The summed E-state index contributed by atoms with van der Waals surface area (Å²) in [6.07, 6.45) is 5.05. The summed E-state index contributed by atoms with van der Waals surface area (Å²) in [5.41, 5.74) is 0.680. The van der Waals surface area contributed by atoms with E-state index in [4.69, 9.17) is 9.47 Å². The molecule has 1 aliphatic carbocycles. The van der Waals surface area contributed by atoms with Gasteiger partial charge in [-0.2, -0.15) is 4.99 Å². The van der Waals surface area contributed by atoms with E-state index in [9.17, 15) is 13.2 Å². The summed E-state index contributed by atoms with van der Waals surface area (Å²) >= 11 is 1.39. The second kappa shape index (κ2) is 8.18. The number of sulfone groups is 1. The van der Waals surface area contributed by atoms with E-state index in [0.29, 0.717) is 22.4 Å². The van der Waals surface area contributed by atoms with Gasteiger partial charge in [-0.05, 0) is 25.0 Å². The van der Waals surface area contributed by atoms with E-state index in [-0.39, 0.29) is 34.6 Å². The Morgan fingerprint density at radius 2 is 1.90 bits per heavy atom. The zero-order chi connectivity index (χ0) is 20.6. The molecule has 1 aromatic rings. The zero-order valence-electron chi connectivity index (χ0n) is 16.7. The molecule has 2 unspecified atom stereocenters. The number of benzene rings is 1. The largest absolute Gasteiger partial charge is 0.497 e. The third kappa shape index (κ3) is 4.12. The number of thioether (sulfide) groups is 1. The predicted octanol–water partition coefficient (Wildman–Crippen LogP) is 2.89. The number of nitrogens with zero attached hydrogens (tertiary/aromatic N) is 2. The smallest absolute Gasteiger partial charge is 0.251 e. The topological polar surface area (TPSA) is 85.3 Å². The zero-order valence-corrected chi connectivity index (χ0v) is 18.3. The summed E-state index contributed by atoms with van der Waals surface area (Å²) in [5.74, 6) is 1.24. The standard InChI is InChI=1S/C20H26N2O5S2/c1-26-14-8-9-17(27-2)15(10-14)22-16-11-29(24,25)12-18(16)28-20(22)21-19(23)13-6-4-3-5-7-13/h8-10,13,16,18H,3-7,11-12H2,1-2H3. The fourth-order valence-corrected chi connectivity index (χ4v) is 8.28. The van der Waals surface area contributed by atoms with Crippen LogP contribution in [0.5, 0.6) is 11.5 Å². The maximum absolute atomic E-state index is 12.9. The highest BCUT2D eigenvalue weighted by Gasteiger charge is 2.50. The normalized spacial score (nSPS) is 27.8. The van der Waals surface area contributed by atoms with Crippen LogP contribution in [0.1, 0.15) is 32.1 Å². The Morgan fingerprint density at radius 1 is 1.14 bits per heavy atom. The van der Waals surface area contributed by atoms with Gasteiger partial charge in [-0.15, -0.1) is 0 Å². The van der Waals surface area contributed by atoms with Gasteiger partial charge in [0.05, 0.1) is 37.5 Å². The van der Waals surface area contributed by atoms with Gasteiger partial charge in [-0.1, -0.05) is 31.0 Å². The third-order valence-corrected chi connectivity index (χ3v) is 9.08. The van der Waals surface area contributed by atoms with Gasteiger partial charge in [0, 0.05) is 17.2 Å². The fourth-order valence-electron chi connectivity index (χ4n) is 4.37. The van der Waals surface area contributed by atoms with Crippen LogP contribution in [0.4, 0.5) is 5.69 Å². The monoisotopic (exact) mass is 438 g/mol. The number of carbonyl (C=O) groups is 1. The van der Waals surface area contributed by atoms with Crippen molar-refractivity contribution in [2.24, 2.45) is 10.9 Å². The van der Waals surface area contributed by atoms with Crippen molar-refractivity contribution in [2.75, 3.05) is 30.6 Å². The third-order valence-electron chi connectivity index (χ3n) is 5.87. The Hall–Kier alpha value is -1.74. The molecule has 3 fully saturated rings. The minimum absolute atomic E-state index is 0.0323. The van der Waals surface area contributed by atoms with E-state index in [2.05, 4.69) is 4.99 Å². The molecule has 0 bridgehead atoms. The highest BCUT2D eigenvalue weighted by Crippen LogP contribution is 2.45. The number of rotatable bonds is 4. The number of amides is 1. The second-order valence-corrected chi connectivity index (χ2v) is 11.1. The fraction of sp³-hybridized carbons (Fsp3) is 0.600. The SMILES string of the molecule is COc1ccc(OC)c(N2C(=NC(=O)C3CCCCC3)SC3CS(=O)(=O)CC32)c1. The molecule has 1 aromatic carbocycles. The van der Waals surface area contributed by atoms with Gasteiger partial charge in [0.1, 0.15) is 11.5 Å². The summed E-state index contributed by atoms with van der Waals surface area (Å²) in [5, 5.41) is 0.422. The quantitative estimate of drug-likeness (QED) is 0.714. The van der Waals surface area contributed by atoms with Gasteiger partial charge >= 0.3 is 0 Å². The average molecular weight is 439 g/mol. The first-order chi connectivity index (χ1) is 13.9. The lowest BCUT2D eigenvalue weighted by Gasteiger charge is -2.27. The molecule has 2 saturated heterocycles. The Morgan fingerprint density at radius 3 is 2.59 bits per heavy atom. The molecular weight excluding hydrogens is 412 g/mol. The van der Waals surface area contributed by atoms with Crippen LogP contribution < -0.4 is 14.4 Å². The first kappa shape index (κ1) is 20.5. The van der Waals surface area contributed by atoms with Crippen LogP contribution in [0.15, 0.2) is 23.2 Å². The van der Waals surface area contributed by atoms with Crippen LogP contribution in [0.3, 0.4) is 0 Å². The molecule has 158 valence electrons. The number of ether oxygens (including phenoxy) is 2. The molecule has 29 heavy (non-hydrogen) atoms. The van der Waals surface area contributed by atoms with E-state index in [1.165, 1.54) is 18.2 Å². The van der Waals surface area contributed by atoms with Gasteiger partial charge in [0.25, 0.3) is 5.91 Å². The number of anilines is 1. The molecule has 4 rings (SSSR count). The molecule has 0 aromatic heterocycles. The molecule has 1 amide bonds. The lowest BCUT2D eigenvalue weighted by Crippen LogP contribution is -2.38. The van der Waals surface area contributed by atoms with Gasteiger partial charge in [-0.25, -0.2) is 8.42 Å². The van der Waals surface area contributed by atoms with Crippen LogP contribution in [0, 0.1) is 5.92 Å². The van der Waals surface area contributed by atoms with Crippen LogP contribution in [-0.4, -0.2) is 56.5 Å². The van der Waals surface area contributed by atoms with Gasteiger partial charge in [-0.3, -0.25) is 4.79 Å². The van der Waals surface area contributed by atoms with E-state index in [0.717, 1.165) is 25.7 Å². The Balaban J connectivity index is 1.73. The Labute approximate surface area is 175 Å². The van der Waals surface area contributed by atoms with Gasteiger partial charge in [0.2, 0.25) is 0 Å². The summed E-state index contributed by atoms with van der Waals surface area (Å²) < 4.78 is 35.4. The number of hydrogen-bond acceptors (Lipinski definition) is 6. The number of aliphatic imine (C=N–C) groups is 1. The molecule has 7 nitrogen and oxygen atoms in total. The van der Waals surface area contributed by atoms with E-state index in [1.54, 1.807) is 26.4 Å². The number of hydrogen-bond donors (Lipinski definition) is 0. The molecule has 2 heterocycles. The first-order valence-electron chi connectivity index (χ1n) is 9.93. The van der Waals surface area contributed by atoms with E-state index in [1.807, 2.05) is 11.0 Å². The molecule has 1 saturated carbocycles. The predicted molar refractivity (Wildman–Crippen MR) is 115 cm³/mol. The van der Waals surface area contributed by atoms with Crippen LogP contribution in [0.25, 0.3) is 0 Å². The molecule has 0 N–H and O–H groups in total. The highest BCUT2D eigenvalue weighted by atomic mass is 32.2. The van der Waals surface area contributed by atoms with Crippen molar-refractivity contribution in [3.8, 4) is 11.5 Å². The maximum Gasteiger partial charge on any atom is 0.251 e. The van der Waals surface area contributed by atoms with Crippen molar-refractivity contribution in [1.29, 1.82) is 0 Å². The maximum atomic E-state index is 12.9. The second-order valence-electron chi connectivity index (χ2n) is 7.78. The van der Waals surface area contributed by atoms with Crippen LogP contribution in [0.2, 0.25) is 0 Å². The average Bonchev–Trinajstić information content (AvgIpc) is 3.18. The number of fused-ring (bicyclic) bond motifs is 1.